The first-order valence-corrected chi connectivity index (χ1v) is 10.5. The molecule has 2 aliphatic rings. The first kappa shape index (κ1) is 17.7. The molecule has 1 aliphatic heterocycles. The highest BCUT2D eigenvalue weighted by Crippen LogP contribution is 2.35. The van der Waals surface area contributed by atoms with Crippen molar-refractivity contribution in [3.8, 4) is 0 Å². The van der Waals surface area contributed by atoms with Gasteiger partial charge in [-0.25, -0.2) is 4.98 Å². The first-order valence-electron chi connectivity index (χ1n) is 9.65. The predicted octanol–water partition coefficient (Wildman–Crippen LogP) is 3.90. The van der Waals surface area contributed by atoms with E-state index >= 15 is 0 Å². The largest absolute Gasteiger partial charge is 0.357 e. The van der Waals surface area contributed by atoms with Crippen LogP contribution in [-0.4, -0.2) is 42.0 Å². The number of aliphatic imine (C=N–C) groups is 1. The molecule has 134 valence electrons. The van der Waals surface area contributed by atoms with Crippen molar-refractivity contribution in [2.75, 3.05) is 26.2 Å². The van der Waals surface area contributed by atoms with Gasteiger partial charge >= 0.3 is 0 Å². The zero-order valence-corrected chi connectivity index (χ0v) is 16.2. The molecule has 4 nitrogen and oxygen atoms in total. The summed E-state index contributed by atoms with van der Waals surface area (Å²) in [5.41, 5.74) is 1.19. The van der Waals surface area contributed by atoms with Gasteiger partial charge in [-0.2, -0.15) is 0 Å². The minimum Gasteiger partial charge on any atom is -0.357 e. The molecule has 24 heavy (non-hydrogen) atoms. The Morgan fingerprint density at radius 1 is 1.33 bits per heavy atom. The number of aromatic nitrogens is 1. The van der Waals surface area contributed by atoms with Gasteiger partial charge in [0.15, 0.2) is 5.96 Å². The number of guanidine groups is 1. The summed E-state index contributed by atoms with van der Waals surface area (Å²) in [5, 5.41) is 6.94. The zero-order chi connectivity index (χ0) is 16.9. The van der Waals surface area contributed by atoms with Crippen molar-refractivity contribution in [3.05, 3.63) is 16.1 Å². The maximum atomic E-state index is 4.90. The zero-order valence-electron chi connectivity index (χ0n) is 15.4. The topological polar surface area (TPSA) is 40.5 Å². The summed E-state index contributed by atoms with van der Waals surface area (Å²) in [4.78, 5) is 12.1. The smallest absolute Gasteiger partial charge is 0.193 e. The molecule has 1 saturated heterocycles. The Bertz CT molecular complexity index is 537. The summed E-state index contributed by atoms with van der Waals surface area (Å²) >= 11 is 1.78. The highest BCUT2D eigenvalue weighted by atomic mass is 32.1. The van der Waals surface area contributed by atoms with Gasteiger partial charge in [-0.05, 0) is 31.6 Å². The van der Waals surface area contributed by atoms with E-state index in [1.807, 2.05) is 0 Å². The second kappa shape index (κ2) is 8.32. The van der Waals surface area contributed by atoms with Gasteiger partial charge in [0.25, 0.3) is 0 Å². The van der Waals surface area contributed by atoms with Crippen LogP contribution in [0.25, 0.3) is 0 Å². The number of hydrogen-bond acceptors (Lipinski definition) is 3. The molecule has 0 spiro atoms. The van der Waals surface area contributed by atoms with Crippen molar-refractivity contribution in [1.82, 2.24) is 15.2 Å². The summed E-state index contributed by atoms with van der Waals surface area (Å²) < 4.78 is 0. The van der Waals surface area contributed by atoms with Crippen LogP contribution < -0.4 is 5.32 Å². The Morgan fingerprint density at radius 2 is 2.04 bits per heavy atom. The third-order valence-corrected chi connectivity index (χ3v) is 6.50. The number of nitrogens with one attached hydrogen (secondary N) is 1. The molecule has 2 heterocycles. The second-order valence-corrected chi connectivity index (χ2v) is 8.42. The predicted molar refractivity (Wildman–Crippen MR) is 103 cm³/mol. The molecule has 0 radical (unpaired) electrons. The number of hydrogen-bond donors (Lipinski definition) is 1. The second-order valence-electron chi connectivity index (χ2n) is 7.53. The molecule has 2 unspecified atom stereocenters. The molecule has 0 bridgehead atoms. The monoisotopic (exact) mass is 348 g/mol. The van der Waals surface area contributed by atoms with Gasteiger partial charge in [0, 0.05) is 43.9 Å². The van der Waals surface area contributed by atoms with E-state index in [4.69, 9.17) is 9.98 Å². The Balaban J connectivity index is 1.57. The molecule has 2 atom stereocenters. The Hall–Kier alpha value is -1.10. The van der Waals surface area contributed by atoms with Crippen LogP contribution in [0.3, 0.4) is 0 Å². The summed E-state index contributed by atoms with van der Waals surface area (Å²) in [5.74, 6) is 3.44. The quantitative estimate of drug-likeness (QED) is 0.648. The molecule has 0 amide bonds. The van der Waals surface area contributed by atoms with E-state index in [0.29, 0.717) is 5.92 Å². The van der Waals surface area contributed by atoms with Gasteiger partial charge in [0.2, 0.25) is 0 Å². The van der Waals surface area contributed by atoms with Crippen LogP contribution in [-0.2, 0) is 6.42 Å². The molecule has 2 fully saturated rings. The maximum Gasteiger partial charge on any atom is 0.193 e. The van der Waals surface area contributed by atoms with Crippen molar-refractivity contribution < 1.29 is 0 Å². The van der Waals surface area contributed by atoms with E-state index in [2.05, 4.69) is 36.4 Å². The molecular weight excluding hydrogens is 316 g/mol. The van der Waals surface area contributed by atoms with Crippen LogP contribution in [0.15, 0.2) is 10.4 Å². The summed E-state index contributed by atoms with van der Waals surface area (Å²) in [6.45, 7) is 10.7. The minimum atomic E-state index is 0.525. The normalized spacial score (nSPS) is 24.5. The molecule has 1 aliphatic carbocycles. The van der Waals surface area contributed by atoms with Gasteiger partial charge in [0.05, 0.1) is 10.7 Å². The van der Waals surface area contributed by atoms with Crippen molar-refractivity contribution in [2.45, 2.75) is 58.8 Å². The van der Waals surface area contributed by atoms with Crippen LogP contribution in [0.4, 0.5) is 0 Å². The third kappa shape index (κ3) is 4.29. The van der Waals surface area contributed by atoms with E-state index in [1.165, 1.54) is 49.5 Å². The Kier molecular flexibility index (Phi) is 6.14. The van der Waals surface area contributed by atoms with Crippen LogP contribution in [0.2, 0.25) is 0 Å². The SMILES string of the molecule is CCNC(=NCCc1csc(C(C)C)n1)N1CC2CCCCC2C1. The standard InChI is InChI=1S/C19H32N4S/c1-4-20-19(23-11-15-7-5-6-8-16(15)12-23)21-10-9-17-13-24-18(22-17)14(2)3/h13-16H,4-12H2,1-3H3,(H,20,21). The van der Waals surface area contributed by atoms with Gasteiger partial charge in [-0.3, -0.25) is 4.99 Å². The van der Waals surface area contributed by atoms with Crippen molar-refractivity contribution in [2.24, 2.45) is 16.8 Å². The highest BCUT2D eigenvalue weighted by molar-refractivity contribution is 7.09. The van der Waals surface area contributed by atoms with Crippen LogP contribution in [0.1, 0.15) is 63.1 Å². The lowest BCUT2D eigenvalue weighted by Crippen LogP contribution is -2.40. The molecular formula is C19H32N4S. The van der Waals surface area contributed by atoms with E-state index in [9.17, 15) is 0 Å². The molecule has 0 aromatic carbocycles. The summed E-state index contributed by atoms with van der Waals surface area (Å²) in [6.07, 6.45) is 6.61. The lowest BCUT2D eigenvalue weighted by Gasteiger charge is -2.22. The molecule has 1 N–H and O–H groups in total. The van der Waals surface area contributed by atoms with Crippen LogP contribution in [0, 0.1) is 11.8 Å². The fourth-order valence-corrected chi connectivity index (χ4v) is 4.85. The van der Waals surface area contributed by atoms with Gasteiger partial charge in [0.1, 0.15) is 0 Å². The van der Waals surface area contributed by atoms with Crippen molar-refractivity contribution >= 4 is 17.3 Å². The highest BCUT2D eigenvalue weighted by Gasteiger charge is 2.35. The lowest BCUT2D eigenvalue weighted by molar-refractivity contribution is 0.299. The summed E-state index contributed by atoms with van der Waals surface area (Å²) in [7, 11) is 0. The lowest BCUT2D eigenvalue weighted by atomic mass is 9.82. The van der Waals surface area contributed by atoms with Crippen molar-refractivity contribution in [3.63, 3.8) is 0 Å². The Morgan fingerprint density at radius 3 is 2.62 bits per heavy atom. The summed E-state index contributed by atoms with van der Waals surface area (Å²) in [6, 6.07) is 0. The molecule has 1 saturated carbocycles. The van der Waals surface area contributed by atoms with E-state index in [0.717, 1.165) is 37.3 Å². The number of fused-ring (bicyclic) bond motifs is 1. The van der Waals surface area contributed by atoms with Crippen LogP contribution >= 0.6 is 11.3 Å². The molecule has 5 heteroatoms. The Labute approximate surface area is 150 Å². The number of likely N-dealkylation sites (tertiary alicyclic amines) is 1. The number of thiazole rings is 1. The fraction of sp³-hybridized carbons (Fsp3) is 0.789. The van der Waals surface area contributed by atoms with E-state index in [1.54, 1.807) is 11.3 Å². The fourth-order valence-electron chi connectivity index (χ4n) is 3.98. The number of rotatable bonds is 5. The average molecular weight is 349 g/mol. The van der Waals surface area contributed by atoms with E-state index < -0.39 is 0 Å². The first-order chi connectivity index (χ1) is 11.7. The molecule has 1 aromatic heterocycles. The van der Waals surface area contributed by atoms with Crippen LogP contribution in [0.5, 0.6) is 0 Å². The third-order valence-electron chi connectivity index (χ3n) is 5.30. The maximum absolute atomic E-state index is 4.90. The minimum absolute atomic E-state index is 0.525. The number of nitrogens with zero attached hydrogens (tertiary/aromatic N) is 3. The van der Waals surface area contributed by atoms with Crippen molar-refractivity contribution in [1.29, 1.82) is 0 Å². The van der Waals surface area contributed by atoms with Gasteiger partial charge in [-0.1, -0.05) is 26.7 Å². The molecule has 3 rings (SSSR count). The van der Waals surface area contributed by atoms with Gasteiger partial charge in [-0.15, -0.1) is 11.3 Å². The molecule has 1 aromatic rings. The van der Waals surface area contributed by atoms with E-state index in [-0.39, 0.29) is 0 Å². The average Bonchev–Trinajstić information content (AvgIpc) is 3.20. The van der Waals surface area contributed by atoms with Gasteiger partial charge < -0.3 is 10.2 Å².